The molecule has 0 bridgehead atoms. The van der Waals surface area contributed by atoms with Gasteiger partial charge in [-0.3, -0.25) is 4.79 Å². The van der Waals surface area contributed by atoms with Gasteiger partial charge < -0.3 is 4.74 Å². The van der Waals surface area contributed by atoms with E-state index in [1.165, 1.54) is 0 Å². The monoisotopic (exact) mass is 153 g/mol. The van der Waals surface area contributed by atoms with Crippen LogP contribution in [-0.2, 0) is 9.53 Å². The second-order valence-corrected chi connectivity index (χ2v) is 2.72. The summed E-state index contributed by atoms with van der Waals surface area (Å²) in [7, 11) is 0. The number of rotatable bonds is 3. The van der Waals surface area contributed by atoms with Crippen molar-refractivity contribution in [2.45, 2.75) is 19.8 Å². The maximum Gasteiger partial charge on any atom is 0.309 e. The van der Waals surface area contributed by atoms with Crippen molar-refractivity contribution in [3.8, 4) is 6.07 Å². The van der Waals surface area contributed by atoms with Gasteiger partial charge in [-0.1, -0.05) is 0 Å². The molecular formula is C8H11NO2. The maximum absolute atomic E-state index is 11.0. The first kappa shape index (κ1) is 8.06. The number of esters is 1. The van der Waals surface area contributed by atoms with Gasteiger partial charge in [0.2, 0.25) is 0 Å². The molecule has 0 aliphatic heterocycles. The lowest BCUT2D eigenvalue weighted by molar-refractivity contribution is -0.145. The number of nitrogens with zero attached hydrogens (tertiary/aromatic N) is 1. The molecule has 0 aromatic rings. The summed E-state index contributed by atoms with van der Waals surface area (Å²) < 4.78 is 4.79. The standard InChI is InChI=1S/C8H11NO2/c1-2-11-8(10)7-5-6(7)3-4-9/h6-7H,2-3,5H2,1H3/t6-,7-/m0/s1. The van der Waals surface area contributed by atoms with Crippen LogP contribution in [0.4, 0.5) is 0 Å². The van der Waals surface area contributed by atoms with Gasteiger partial charge in [-0.25, -0.2) is 0 Å². The summed E-state index contributed by atoms with van der Waals surface area (Å²) >= 11 is 0. The van der Waals surface area contributed by atoms with Crippen LogP contribution in [0.3, 0.4) is 0 Å². The van der Waals surface area contributed by atoms with Crippen molar-refractivity contribution in [2.75, 3.05) is 6.61 Å². The van der Waals surface area contributed by atoms with Crippen LogP contribution < -0.4 is 0 Å². The molecule has 1 saturated carbocycles. The van der Waals surface area contributed by atoms with Crippen LogP contribution in [0.5, 0.6) is 0 Å². The first-order valence-electron chi connectivity index (χ1n) is 3.83. The lowest BCUT2D eigenvalue weighted by Crippen LogP contribution is -2.07. The Morgan fingerprint density at radius 3 is 3.09 bits per heavy atom. The predicted octanol–water partition coefficient (Wildman–Crippen LogP) is 1.10. The lowest BCUT2D eigenvalue weighted by Gasteiger charge is -1.97. The van der Waals surface area contributed by atoms with Gasteiger partial charge in [0.15, 0.2) is 0 Å². The van der Waals surface area contributed by atoms with E-state index in [2.05, 4.69) is 0 Å². The maximum atomic E-state index is 11.0. The molecule has 11 heavy (non-hydrogen) atoms. The molecule has 60 valence electrons. The van der Waals surface area contributed by atoms with Gasteiger partial charge in [0.1, 0.15) is 0 Å². The van der Waals surface area contributed by atoms with Crippen molar-refractivity contribution in [3.63, 3.8) is 0 Å². The van der Waals surface area contributed by atoms with Crippen LogP contribution in [0, 0.1) is 23.2 Å². The molecule has 0 aromatic carbocycles. The Morgan fingerprint density at radius 2 is 2.55 bits per heavy atom. The predicted molar refractivity (Wildman–Crippen MR) is 38.5 cm³/mol. The second kappa shape index (κ2) is 3.38. The fourth-order valence-electron chi connectivity index (χ4n) is 1.13. The molecule has 0 amide bonds. The fourth-order valence-corrected chi connectivity index (χ4v) is 1.13. The largest absolute Gasteiger partial charge is 0.466 e. The molecule has 0 heterocycles. The highest BCUT2D eigenvalue weighted by atomic mass is 16.5. The Morgan fingerprint density at radius 1 is 1.82 bits per heavy atom. The molecule has 1 rings (SSSR count). The van der Waals surface area contributed by atoms with E-state index in [4.69, 9.17) is 10.00 Å². The Hall–Kier alpha value is -1.04. The van der Waals surface area contributed by atoms with Crippen molar-refractivity contribution >= 4 is 5.97 Å². The van der Waals surface area contributed by atoms with Crippen molar-refractivity contribution < 1.29 is 9.53 Å². The quantitative estimate of drug-likeness (QED) is 0.570. The third-order valence-corrected chi connectivity index (χ3v) is 1.87. The van der Waals surface area contributed by atoms with E-state index in [-0.39, 0.29) is 17.8 Å². The third kappa shape index (κ3) is 1.94. The van der Waals surface area contributed by atoms with E-state index in [1.54, 1.807) is 6.92 Å². The molecule has 0 saturated heterocycles. The number of carbonyl (C=O) groups is 1. The van der Waals surface area contributed by atoms with Gasteiger partial charge in [0.05, 0.1) is 18.6 Å². The minimum absolute atomic E-state index is 0.0228. The fraction of sp³-hybridized carbons (Fsp3) is 0.750. The van der Waals surface area contributed by atoms with Crippen LogP contribution in [0.1, 0.15) is 19.8 Å². The second-order valence-electron chi connectivity index (χ2n) is 2.72. The molecule has 0 unspecified atom stereocenters. The molecule has 1 aliphatic rings. The summed E-state index contributed by atoms with van der Waals surface area (Å²) in [4.78, 5) is 11.0. The van der Waals surface area contributed by atoms with Crippen LogP contribution in [-0.4, -0.2) is 12.6 Å². The normalized spacial score (nSPS) is 27.3. The Bertz CT molecular complexity index is 195. The van der Waals surface area contributed by atoms with Crippen LogP contribution in [0.25, 0.3) is 0 Å². The number of hydrogen-bond acceptors (Lipinski definition) is 3. The molecular weight excluding hydrogens is 142 g/mol. The summed E-state index contributed by atoms with van der Waals surface area (Å²) in [5.41, 5.74) is 0. The van der Waals surface area contributed by atoms with Gasteiger partial charge in [-0.05, 0) is 19.3 Å². The van der Waals surface area contributed by atoms with Crippen molar-refractivity contribution in [3.05, 3.63) is 0 Å². The SMILES string of the molecule is CCOC(=O)[C@H]1C[C@@H]1CC#N. The van der Waals surface area contributed by atoms with Gasteiger partial charge in [-0.15, -0.1) is 0 Å². The van der Waals surface area contributed by atoms with Crippen LogP contribution >= 0.6 is 0 Å². The van der Waals surface area contributed by atoms with E-state index in [0.717, 1.165) is 6.42 Å². The van der Waals surface area contributed by atoms with Crippen LogP contribution in [0.2, 0.25) is 0 Å². The van der Waals surface area contributed by atoms with E-state index in [9.17, 15) is 4.79 Å². The van der Waals surface area contributed by atoms with Gasteiger partial charge in [-0.2, -0.15) is 5.26 Å². The number of carbonyl (C=O) groups excluding carboxylic acids is 1. The van der Waals surface area contributed by atoms with Gasteiger partial charge in [0, 0.05) is 6.42 Å². The van der Waals surface area contributed by atoms with Crippen molar-refractivity contribution in [1.82, 2.24) is 0 Å². The molecule has 0 radical (unpaired) electrons. The zero-order valence-electron chi connectivity index (χ0n) is 6.54. The highest BCUT2D eigenvalue weighted by Crippen LogP contribution is 2.41. The average Bonchev–Trinajstić information content (AvgIpc) is 2.69. The summed E-state index contributed by atoms with van der Waals surface area (Å²) in [5, 5.41) is 8.30. The van der Waals surface area contributed by atoms with Gasteiger partial charge in [0.25, 0.3) is 0 Å². The molecule has 0 aromatic heterocycles. The summed E-state index contributed by atoms with van der Waals surface area (Å²) in [6, 6.07) is 2.05. The van der Waals surface area contributed by atoms with Crippen LogP contribution in [0.15, 0.2) is 0 Å². The Balaban J connectivity index is 2.22. The first-order valence-corrected chi connectivity index (χ1v) is 3.83. The third-order valence-electron chi connectivity index (χ3n) is 1.87. The topological polar surface area (TPSA) is 50.1 Å². The van der Waals surface area contributed by atoms with E-state index in [1.807, 2.05) is 6.07 Å². The molecule has 1 aliphatic carbocycles. The first-order chi connectivity index (χ1) is 5.29. The zero-order chi connectivity index (χ0) is 8.27. The number of hydrogen-bond donors (Lipinski definition) is 0. The van der Waals surface area contributed by atoms with Gasteiger partial charge >= 0.3 is 5.97 Å². The molecule has 2 atom stereocenters. The lowest BCUT2D eigenvalue weighted by atomic mass is 10.2. The highest BCUT2D eigenvalue weighted by molar-refractivity contribution is 5.75. The van der Waals surface area contributed by atoms with E-state index in [0.29, 0.717) is 13.0 Å². The molecule has 0 spiro atoms. The molecule has 3 nitrogen and oxygen atoms in total. The molecule has 0 N–H and O–H groups in total. The van der Waals surface area contributed by atoms with Crippen molar-refractivity contribution in [1.29, 1.82) is 5.26 Å². The highest BCUT2D eigenvalue weighted by Gasteiger charge is 2.43. The smallest absolute Gasteiger partial charge is 0.309 e. The zero-order valence-corrected chi connectivity index (χ0v) is 6.54. The summed E-state index contributed by atoms with van der Waals surface area (Å²) in [6.07, 6.45) is 1.33. The number of nitriles is 1. The summed E-state index contributed by atoms with van der Waals surface area (Å²) in [6.45, 7) is 2.23. The number of ether oxygens (including phenoxy) is 1. The minimum atomic E-state index is -0.132. The molecule has 3 heteroatoms. The van der Waals surface area contributed by atoms with E-state index < -0.39 is 0 Å². The summed E-state index contributed by atoms with van der Waals surface area (Å²) in [5.74, 6) is 0.168. The Labute approximate surface area is 66.0 Å². The molecule has 1 fully saturated rings. The van der Waals surface area contributed by atoms with Crippen molar-refractivity contribution in [2.24, 2.45) is 11.8 Å². The Kier molecular flexibility index (Phi) is 2.48. The van der Waals surface area contributed by atoms with E-state index >= 15 is 0 Å². The minimum Gasteiger partial charge on any atom is -0.466 e. The average molecular weight is 153 g/mol.